The largest absolute Gasteiger partial charge is 0.494 e. The average molecular weight is 317 g/mol. The summed E-state index contributed by atoms with van der Waals surface area (Å²) in [5.41, 5.74) is 0.801. The molecule has 0 bridgehead atoms. The van der Waals surface area contributed by atoms with Gasteiger partial charge in [0.15, 0.2) is 0 Å². The number of hydrogen-bond donors (Lipinski definition) is 0. The molecule has 0 N–H and O–H groups in total. The number of methoxy groups -OCH3 is 1. The smallest absolute Gasteiger partial charge is 0.305 e. The summed E-state index contributed by atoms with van der Waals surface area (Å²) < 4.78 is 16.1. The van der Waals surface area contributed by atoms with Gasteiger partial charge >= 0.3 is 5.97 Å². The minimum absolute atomic E-state index is 0.124. The summed E-state index contributed by atoms with van der Waals surface area (Å²) in [7, 11) is 1.63. The zero-order valence-corrected chi connectivity index (χ0v) is 13.7. The molecule has 5 heteroatoms. The summed E-state index contributed by atoms with van der Waals surface area (Å²) in [6.45, 7) is 2.87. The maximum absolute atomic E-state index is 11.2. The molecule has 0 saturated carbocycles. The lowest BCUT2D eigenvalue weighted by molar-refractivity contribution is -0.143. The second kappa shape index (κ2) is 8.98. The number of esters is 1. The van der Waals surface area contributed by atoms with E-state index in [0.29, 0.717) is 19.6 Å². The van der Waals surface area contributed by atoms with Crippen molar-refractivity contribution < 1.29 is 19.0 Å². The predicted molar refractivity (Wildman–Crippen MR) is 88.9 cm³/mol. The Kier molecular flexibility index (Phi) is 6.66. The Morgan fingerprint density at radius 2 is 2.00 bits per heavy atom. The SMILES string of the molecule is CCOC(=O)CCCCCOc1ccnc2c(OC)cccc12. The second-order valence-corrected chi connectivity index (χ2v) is 5.13. The van der Waals surface area contributed by atoms with E-state index in [9.17, 15) is 4.79 Å². The molecule has 0 radical (unpaired) electrons. The number of hydrogen-bond acceptors (Lipinski definition) is 5. The Balaban J connectivity index is 1.82. The first-order chi connectivity index (χ1) is 11.3. The standard InChI is InChI=1S/C18H23NO4/c1-3-22-17(20)10-5-4-6-13-23-15-11-12-19-18-14(15)8-7-9-16(18)21-2/h7-9,11-12H,3-6,10,13H2,1-2H3. The van der Waals surface area contributed by atoms with Gasteiger partial charge in [-0.05, 0) is 44.4 Å². The first-order valence-electron chi connectivity index (χ1n) is 7.96. The lowest BCUT2D eigenvalue weighted by Crippen LogP contribution is -2.04. The fourth-order valence-electron chi connectivity index (χ4n) is 2.38. The molecule has 0 fully saturated rings. The Hall–Kier alpha value is -2.30. The van der Waals surface area contributed by atoms with Gasteiger partial charge in [0.2, 0.25) is 0 Å². The molecule has 2 rings (SSSR count). The van der Waals surface area contributed by atoms with E-state index in [1.807, 2.05) is 31.2 Å². The molecule has 1 heterocycles. The molecule has 1 aromatic heterocycles. The van der Waals surface area contributed by atoms with Gasteiger partial charge in [-0.25, -0.2) is 0 Å². The minimum atomic E-state index is -0.124. The second-order valence-electron chi connectivity index (χ2n) is 5.13. The molecule has 0 atom stereocenters. The maximum atomic E-state index is 11.2. The summed E-state index contributed by atoms with van der Waals surface area (Å²) in [5.74, 6) is 1.42. The van der Waals surface area contributed by atoms with Crippen molar-refractivity contribution in [1.82, 2.24) is 4.98 Å². The molecule has 23 heavy (non-hydrogen) atoms. The molecule has 5 nitrogen and oxygen atoms in total. The van der Waals surface area contributed by atoms with Gasteiger partial charge < -0.3 is 14.2 Å². The van der Waals surface area contributed by atoms with Crippen molar-refractivity contribution in [1.29, 1.82) is 0 Å². The molecule has 1 aromatic carbocycles. The monoisotopic (exact) mass is 317 g/mol. The topological polar surface area (TPSA) is 57.7 Å². The molecule has 0 aliphatic carbocycles. The van der Waals surface area contributed by atoms with Crippen molar-refractivity contribution in [2.24, 2.45) is 0 Å². The molecular formula is C18H23NO4. The summed E-state index contributed by atoms with van der Waals surface area (Å²) in [4.78, 5) is 15.6. The molecule has 0 aliphatic heterocycles. The van der Waals surface area contributed by atoms with Crippen LogP contribution in [0.4, 0.5) is 0 Å². The van der Waals surface area contributed by atoms with Gasteiger partial charge in [-0.2, -0.15) is 0 Å². The number of nitrogens with zero attached hydrogens (tertiary/aromatic N) is 1. The van der Waals surface area contributed by atoms with E-state index in [1.165, 1.54) is 0 Å². The number of fused-ring (bicyclic) bond motifs is 1. The lowest BCUT2D eigenvalue weighted by Gasteiger charge is -2.10. The van der Waals surface area contributed by atoms with Crippen LogP contribution in [0, 0.1) is 0 Å². The van der Waals surface area contributed by atoms with Gasteiger partial charge in [0, 0.05) is 18.0 Å². The van der Waals surface area contributed by atoms with Crippen molar-refractivity contribution in [3.63, 3.8) is 0 Å². The number of carbonyl (C=O) groups excluding carboxylic acids is 1. The molecule has 0 spiro atoms. The van der Waals surface area contributed by atoms with Crippen LogP contribution >= 0.6 is 0 Å². The fraction of sp³-hybridized carbons (Fsp3) is 0.444. The average Bonchev–Trinajstić information content (AvgIpc) is 2.57. The normalized spacial score (nSPS) is 10.5. The highest BCUT2D eigenvalue weighted by atomic mass is 16.5. The molecule has 0 unspecified atom stereocenters. The van der Waals surface area contributed by atoms with Crippen molar-refractivity contribution in [2.75, 3.05) is 20.3 Å². The third-order valence-corrected chi connectivity index (χ3v) is 3.50. The highest BCUT2D eigenvalue weighted by Gasteiger charge is 2.07. The molecular weight excluding hydrogens is 294 g/mol. The van der Waals surface area contributed by atoms with Crippen LogP contribution in [0.15, 0.2) is 30.5 Å². The van der Waals surface area contributed by atoms with E-state index < -0.39 is 0 Å². The van der Waals surface area contributed by atoms with E-state index in [4.69, 9.17) is 14.2 Å². The van der Waals surface area contributed by atoms with Gasteiger partial charge in [-0.1, -0.05) is 6.07 Å². The molecule has 0 aliphatic rings. The Morgan fingerprint density at radius 3 is 2.78 bits per heavy atom. The number of benzene rings is 1. The number of pyridine rings is 1. The fourth-order valence-corrected chi connectivity index (χ4v) is 2.38. The van der Waals surface area contributed by atoms with Gasteiger partial charge in [-0.3, -0.25) is 9.78 Å². The number of carbonyl (C=O) groups is 1. The van der Waals surface area contributed by atoms with Crippen molar-refractivity contribution in [3.05, 3.63) is 30.5 Å². The Morgan fingerprint density at radius 1 is 1.13 bits per heavy atom. The Labute approximate surface area is 136 Å². The predicted octanol–water partition coefficient (Wildman–Crippen LogP) is 3.75. The highest BCUT2D eigenvalue weighted by molar-refractivity contribution is 5.89. The van der Waals surface area contributed by atoms with Crippen molar-refractivity contribution >= 4 is 16.9 Å². The van der Waals surface area contributed by atoms with Crippen LogP contribution in [-0.4, -0.2) is 31.3 Å². The molecule has 124 valence electrons. The third kappa shape index (κ3) is 4.84. The van der Waals surface area contributed by atoms with Gasteiger partial charge in [-0.15, -0.1) is 0 Å². The van der Waals surface area contributed by atoms with Crippen LogP contribution in [0.3, 0.4) is 0 Å². The lowest BCUT2D eigenvalue weighted by atomic mass is 10.2. The summed E-state index contributed by atoms with van der Waals surface area (Å²) in [5, 5.41) is 0.943. The van der Waals surface area contributed by atoms with Crippen LogP contribution in [0.2, 0.25) is 0 Å². The van der Waals surface area contributed by atoms with Crippen LogP contribution < -0.4 is 9.47 Å². The van der Waals surface area contributed by atoms with E-state index in [2.05, 4.69) is 4.98 Å². The van der Waals surface area contributed by atoms with E-state index >= 15 is 0 Å². The van der Waals surface area contributed by atoms with Crippen molar-refractivity contribution in [2.45, 2.75) is 32.6 Å². The third-order valence-electron chi connectivity index (χ3n) is 3.50. The van der Waals surface area contributed by atoms with Crippen LogP contribution in [0.25, 0.3) is 10.9 Å². The van der Waals surface area contributed by atoms with E-state index in [-0.39, 0.29) is 5.97 Å². The molecule has 0 amide bonds. The van der Waals surface area contributed by atoms with E-state index in [1.54, 1.807) is 13.3 Å². The van der Waals surface area contributed by atoms with Crippen molar-refractivity contribution in [3.8, 4) is 11.5 Å². The number of para-hydroxylation sites is 1. The van der Waals surface area contributed by atoms with Gasteiger partial charge in [0.25, 0.3) is 0 Å². The molecule has 2 aromatic rings. The quantitative estimate of drug-likeness (QED) is 0.521. The van der Waals surface area contributed by atoms with Gasteiger partial charge in [0.05, 0.1) is 20.3 Å². The summed E-state index contributed by atoms with van der Waals surface area (Å²) in [6, 6.07) is 7.64. The summed E-state index contributed by atoms with van der Waals surface area (Å²) in [6.07, 6.45) is 4.86. The van der Waals surface area contributed by atoms with Crippen LogP contribution in [0.5, 0.6) is 11.5 Å². The van der Waals surface area contributed by atoms with Gasteiger partial charge in [0.1, 0.15) is 17.0 Å². The Bertz CT molecular complexity index is 642. The number of ether oxygens (including phenoxy) is 3. The summed E-state index contributed by atoms with van der Waals surface area (Å²) >= 11 is 0. The first kappa shape index (κ1) is 17.1. The van der Waals surface area contributed by atoms with Crippen LogP contribution in [0.1, 0.15) is 32.6 Å². The minimum Gasteiger partial charge on any atom is -0.494 e. The highest BCUT2D eigenvalue weighted by Crippen LogP contribution is 2.30. The molecule has 0 saturated heterocycles. The zero-order valence-electron chi connectivity index (χ0n) is 13.7. The maximum Gasteiger partial charge on any atom is 0.305 e. The number of rotatable bonds is 9. The number of unbranched alkanes of at least 4 members (excludes halogenated alkanes) is 2. The van der Waals surface area contributed by atoms with Crippen LogP contribution in [-0.2, 0) is 9.53 Å². The first-order valence-corrected chi connectivity index (χ1v) is 7.96. The van der Waals surface area contributed by atoms with E-state index in [0.717, 1.165) is 41.7 Å². The number of aromatic nitrogens is 1. The zero-order chi connectivity index (χ0) is 16.5.